The molecule has 0 unspecified atom stereocenters. The molecule has 1 aromatic carbocycles. The van der Waals surface area contributed by atoms with Gasteiger partial charge in [-0.05, 0) is 73.8 Å². The molecule has 4 bridgehead atoms. The topological polar surface area (TPSA) is 58.2 Å². The van der Waals surface area contributed by atoms with Gasteiger partial charge in [-0.3, -0.25) is 20.4 Å². The van der Waals surface area contributed by atoms with Crippen LogP contribution < -0.4 is 10.9 Å². The molecule has 2 N–H and O–H groups in total. The molecular weight excluding hydrogens is 357 g/mol. The Kier molecular flexibility index (Phi) is 4.43. The lowest BCUT2D eigenvalue weighted by molar-refractivity contribution is -0.137. The Balaban J connectivity index is 1.37. The van der Waals surface area contributed by atoms with E-state index in [1.54, 1.807) is 0 Å². The molecular formula is C20H23F3N2O2. The van der Waals surface area contributed by atoms with Gasteiger partial charge >= 0.3 is 6.18 Å². The number of nitrogens with one attached hydrogen (secondary N) is 2. The number of halogens is 3. The highest BCUT2D eigenvalue weighted by Crippen LogP contribution is 2.61. The van der Waals surface area contributed by atoms with Gasteiger partial charge in [-0.25, -0.2) is 0 Å². The lowest BCUT2D eigenvalue weighted by Gasteiger charge is -2.56. The van der Waals surface area contributed by atoms with Gasteiger partial charge in [0.1, 0.15) is 0 Å². The van der Waals surface area contributed by atoms with E-state index in [0.717, 1.165) is 31.4 Å². The number of benzene rings is 1. The van der Waals surface area contributed by atoms with Crippen LogP contribution in [-0.4, -0.2) is 11.8 Å². The van der Waals surface area contributed by atoms with Crippen LogP contribution in [0.4, 0.5) is 13.2 Å². The van der Waals surface area contributed by atoms with Crippen molar-refractivity contribution in [2.24, 2.45) is 23.2 Å². The van der Waals surface area contributed by atoms with E-state index in [-0.39, 0.29) is 11.3 Å². The summed E-state index contributed by atoms with van der Waals surface area (Å²) in [6.45, 7) is 0. The number of alkyl halides is 3. The smallest absolute Gasteiger partial charge is 0.273 e. The fourth-order valence-electron chi connectivity index (χ4n) is 6.01. The molecule has 1 aromatic rings. The standard InChI is InChI=1S/C20H23F3N2O2/c21-20(22,23)16-4-2-1-3-15(16)18(27)25-24-17(26)11-19-8-12-5-13(9-19)7-14(6-12)10-19/h1-4,12-14H,5-11H2,(H,24,26)(H,25,27). The van der Waals surface area contributed by atoms with Crippen molar-refractivity contribution in [1.29, 1.82) is 0 Å². The van der Waals surface area contributed by atoms with E-state index in [1.807, 2.05) is 0 Å². The quantitative estimate of drug-likeness (QED) is 0.777. The van der Waals surface area contributed by atoms with Crippen molar-refractivity contribution in [3.63, 3.8) is 0 Å². The van der Waals surface area contributed by atoms with Crippen molar-refractivity contribution in [2.75, 3.05) is 0 Å². The van der Waals surface area contributed by atoms with Crippen molar-refractivity contribution in [2.45, 2.75) is 51.1 Å². The van der Waals surface area contributed by atoms with E-state index < -0.39 is 23.2 Å². The fraction of sp³-hybridized carbons (Fsp3) is 0.600. The van der Waals surface area contributed by atoms with Crippen LogP contribution >= 0.6 is 0 Å². The first-order valence-corrected chi connectivity index (χ1v) is 9.49. The van der Waals surface area contributed by atoms with Crippen LogP contribution in [-0.2, 0) is 11.0 Å². The van der Waals surface area contributed by atoms with E-state index in [0.29, 0.717) is 24.2 Å². The van der Waals surface area contributed by atoms with Crippen molar-refractivity contribution in [3.05, 3.63) is 35.4 Å². The minimum absolute atomic E-state index is 0.00738. The SMILES string of the molecule is O=C(CC12CC3CC(CC(C3)C1)C2)NNC(=O)c1ccccc1C(F)(F)F. The molecule has 4 nitrogen and oxygen atoms in total. The highest BCUT2D eigenvalue weighted by Gasteiger charge is 2.51. The Bertz CT molecular complexity index is 725. The summed E-state index contributed by atoms with van der Waals surface area (Å²) >= 11 is 0. The summed E-state index contributed by atoms with van der Waals surface area (Å²) in [5.74, 6) is 0.837. The molecule has 146 valence electrons. The van der Waals surface area contributed by atoms with Crippen LogP contribution in [0.2, 0.25) is 0 Å². The molecule has 4 aliphatic carbocycles. The lowest BCUT2D eigenvalue weighted by Crippen LogP contribution is -2.50. The molecule has 4 aliphatic rings. The van der Waals surface area contributed by atoms with E-state index >= 15 is 0 Å². The van der Waals surface area contributed by atoms with Gasteiger partial charge in [-0.15, -0.1) is 0 Å². The summed E-state index contributed by atoms with van der Waals surface area (Å²) in [7, 11) is 0. The van der Waals surface area contributed by atoms with E-state index in [2.05, 4.69) is 10.9 Å². The van der Waals surface area contributed by atoms with Crippen LogP contribution in [0.3, 0.4) is 0 Å². The fourth-order valence-corrected chi connectivity index (χ4v) is 6.01. The molecule has 0 atom stereocenters. The zero-order valence-corrected chi connectivity index (χ0v) is 14.9. The van der Waals surface area contributed by atoms with Gasteiger partial charge < -0.3 is 0 Å². The average Bonchev–Trinajstić information content (AvgIpc) is 2.57. The Morgan fingerprint density at radius 3 is 2.07 bits per heavy atom. The Labute approximate surface area is 155 Å². The molecule has 4 saturated carbocycles. The van der Waals surface area contributed by atoms with E-state index in [4.69, 9.17) is 0 Å². The number of carbonyl (C=O) groups excluding carboxylic acids is 2. The molecule has 0 radical (unpaired) electrons. The van der Waals surface area contributed by atoms with E-state index in [1.165, 1.54) is 31.4 Å². The number of carbonyl (C=O) groups is 2. The third-order valence-electron chi connectivity index (χ3n) is 6.49. The second-order valence-electron chi connectivity index (χ2n) is 8.64. The van der Waals surface area contributed by atoms with Gasteiger partial charge in [0, 0.05) is 6.42 Å². The zero-order chi connectivity index (χ0) is 19.2. The first-order valence-electron chi connectivity index (χ1n) is 9.49. The van der Waals surface area contributed by atoms with Crippen molar-refractivity contribution < 1.29 is 22.8 Å². The maximum atomic E-state index is 13.0. The minimum Gasteiger partial charge on any atom is -0.273 e. The number of hydrogen-bond acceptors (Lipinski definition) is 2. The van der Waals surface area contributed by atoms with Crippen LogP contribution in [0.15, 0.2) is 24.3 Å². The van der Waals surface area contributed by atoms with Gasteiger partial charge in [0.05, 0.1) is 11.1 Å². The maximum Gasteiger partial charge on any atom is 0.417 e. The molecule has 4 fully saturated rings. The van der Waals surface area contributed by atoms with Gasteiger partial charge in [0.2, 0.25) is 5.91 Å². The Hall–Kier alpha value is -2.05. The van der Waals surface area contributed by atoms with Crippen molar-refractivity contribution in [1.82, 2.24) is 10.9 Å². The summed E-state index contributed by atoms with van der Waals surface area (Å²) in [5, 5.41) is 0. The average molecular weight is 380 g/mol. The predicted octanol–water partition coefficient (Wildman–Crippen LogP) is 4.07. The molecule has 0 aliphatic heterocycles. The second kappa shape index (κ2) is 6.53. The van der Waals surface area contributed by atoms with Crippen LogP contribution in [0.1, 0.15) is 60.9 Å². The summed E-state index contributed by atoms with van der Waals surface area (Å²) in [4.78, 5) is 24.6. The number of rotatable bonds is 3. The zero-order valence-electron chi connectivity index (χ0n) is 14.9. The van der Waals surface area contributed by atoms with Crippen molar-refractivity contribution in [3.8, 4) is 0 Å². The number of amides is 2. The molecule has 7 heteroatoms. The van der Waals surface area contributed by atoms with Crippen LogP contribution in [0.25, 0.3) is 0 Å². The third kappa shape index (κ3) is 3.69. The largest absolute Gasteiger partial charge is 0.417 e. The molecule has 5 rings (SSSR count). The van der Waals surface area contributed by atoms with Gasteiger partial charge in [-0.2, -0.15) is 13.2 Å². The monoisotopic (exact) mass is 380 g/mol. The highest BCUT2D eigenvalue weighted by atomic mass is 19.4. The maximum absolute atomic E-state index is 13.0. The van der Waals surface area contributed by atoms with E-state index in [9.17, 15) is 22.8 Å². The normalized spacial score (nSPS) is 31.6. The summed E-state index contributed by atoms with van der Waals surface area (Å²) in [6.07, 6.45) is 2.67. The molecule has 0 saturated heterocycles. The Morgan fingerprint density at radius 2 is 1.52 bits per heavy atom. The highest BCUT2D eigenvalue weighted by molar-refractivity contribution is 5.96. The number of hydrazine groups is 1. The first-order chi connectivity index (χ1) is 12.7. The van der Waals surface area contributed by atoms with Gasteiger partial charge in [0.25, 0.3) is 5.91 Å². The van der Waals surface area contributed by atoms with Crippen molar-refractivity contribution >= 4 is 11.8 Å². The van der Waals surface area contributed by atoms with Crippen LogP contribution in [0, 0.1) is 23.2 Å². The summed E-state index contributed by atoms with van der Waals surface area (Å²) < 4.78 is 39.1. The van der Waals surface area contributed by atoms with Crippen LogP contribution in [0.5, 0.6) is 0 Å². The molecule has 0 spiro atoms. The first kappa shape index (κ1) is 18.3. The minimum atomic E-state index is -4.63. The predicted molar refractivity (Wildman–Crippen MR) is 92.3 cm³/mol. The third-order valence-corrected chi connectivity index (χ3v) is 6.49. The lowest BCUT2D eigenvalue weighted by atomic mass is 9.49. The number of hydrogen-bond donors (Lipinski definition) is 2. The molecule has 2 amide bonds. The summed E-state index contributed by atoms with van der Waals surface area (Å²) in [5.41, 5.74) is 2.98. The molecule has 27 heavy (non-hydrogen) atoms. The summed E-state index contributed by atoms with van der Waals surface area (Å²) in [6, 6.07) is 4.54. The Morgan fingerprint density at radius 1 is 0.963 bits per heavy atom. The molecule has 0 heterocycles. The second-order valence-corrected chi connectivity index (χ2v) is 8.64. The van der Waals surface area contributed by atoms with Gasteiger partial charge in [0.15, 0.2) is 0 Å². The molecule has 0 aromatic heterocycles. The van der Waals surface area contributed by atoms with Gasteiger partial charge in [-0.1, -0.05) is 12.1 Å².